The molecule has 78 heavy (non-hydrogen) atoms. The maximum absolute atomic E-state index is 2.54. The van der Waals surface area contributed by atoms with Gasteiger partial charge in [-0.1, -0.05) is 270 Å². The zero-order valence-electron chi connectivity index (χ0n) is 50.3. The Labute approximate surface area is 469 Å². The second kappa shape index (κ2) is 19.4. The van der Waals surface area contributed by atoms with Crippen molar-refractivity contribution in [2.45, 2.75) is 157 Å². The van der Waals surface area contributed by atoms with Gasteiger partial charge in [-0.3, -0.25) is 0 Å². The number of fused-ring (bicyclic) bond motifs is 6. The average Bonchev–Trinajstić information content (AvgIpc) is 3.45. The van der Waals surface area contributed by atoms with Crippen LogP contribution in [0.3, 0.4) is 0 Å². The van der Waals surface area contributed by atoms with Crippen molar-refractivity contribution in [2.24, 2.45) is 0 Å². The fourth-order valence-electron chi connectivity index (χ4n) is 11.5. The molecule has 0 heteroatoms. The highest BCUT2D eigenvalue weighted by Gasteiger charge is 2.25. The smallest absolute Gasteiger partial charge is 0.00921 e. The molecule has 10 aromatic carbocycles. The van der Waals surface area contributed by atoms with Gasteiger partial charge in [0.2, 0.25) is 0 Å². The lowest BCUT2D eigenvalue weighted by molar-refractivity contribution is 0.590. The van der Waals surface area contributed by atoms with Gasteiger partial charge in [0.15, 0.2) is 0 Å². The molecule has 0 radical (unpaired) electrons. The predicted molar refractivity (Wildman–Crippen MR) is 344 cm³/mol. The summed E-state index contributed by atoms with van der Waals surface area (Å²) in [5.74, 6) is 0. The zero-order chi connectivity index (χ0) is 56.1. The van der Waals surface area contributed by atoms with Crippen molar-refractivity contribution >= 4 is 32.3 Å². The standard InChI is InChI=1S/C78H84/c1-73(2,3)55-31-19-49(20-32-55)61-43-67-68(44-62(61)50-21-33-56(34-22-50)74(4,5)6)70-46-64(52-25-37-58(38-26-52)76(10,11)12)66(54-29-41-60(42-30-54)78(16,17)18)48-72(70)71-47-65(53-27-39-59(40-28-53)77(13,14)15)63(45-69(67)71)51-23-35-57(36-24-51)75(7,8)9/h19-48H,1-18H3. The van der Waals surface area contributed by atoms with Crippen LogP contribution in [0.2, 0.25) is 0 Å². The van der Waals surface area contributed by atoms with Crippen molar-refractivity contribution < 1.29 is 0 Å². The Bertz CT molecular complexity index is 3140. The van der Waals surface area contributed by atoms with E-state index in [2.05, 4.69) is 307 Å². The van der Waals surface area contributed by atoms with Crippen LogP contribution in [0.4, 0.5) is 0 Å². The third-order valence-electron chi connectivity index (χ3n) is 16.7. The fourth-order valence-corrected chi connectivity index (χ4v) is 11.5. The van der Waals surface area contributed by atoms with Crippen LogP contribution >= 0.6 is 0 Å². The Morgan fingerprint density at radius 2 is 0.256 bits per heavy atom. The number of rotatable bonds is 6. The molecule has 0 spiro atoms. The summed E-state index contributed by atoms with van der Waals surface area (Å²) in [7, 11) is 0. The minimum atomic E-state index is 0.0349. The quantitative estimate of drug-likeness (QED) is 0.146. The Morgan fingerprint density at radius 1 is 0.154 bits per heavy atom. The third-order valence-corrected chi connectivity index (χ3v) is 16.7. The van der Waals surface area contributed by atoms with Crippen molar-refractivity contribution in [3.8, 4) is 66.8 Å². The van der Waals surface area contributed by atoms with E-state index >= 15 is 0 Å². The van der Waals surface area contributed by atoms with Crippen molar-refractivity contribution in [2.75, 3.05) is 0 Å². The summed E-state index contributed by atoms with van der Waals surface area (Å²) in [6.45, 7) is 41.5. The minimum Gasteiger partial charge on any atom is -0.0579 e. The highest BCUT2D eigenvalue weighted by Crippen LogP contribution is 2.49. The lowest BCUT2D eigenvalue weighted by atomic mass is 9.80. The van der Waals surface area contributed by atoms with E-state index in [-0.39, 0.29) is 32.5 Å². The molecule has 0 aliphatic carbocycles. The fraction of sp³-hybridized carbons (Fsp3) is 0.308. The van der Waals surface area contributed by atoms with Gasteiger partial charge in [0.05, 0.1) is 0 Å². The van der Waals surface area contributed by atoms with Crippen molar-refractivity contribution in [1.82, 2.24) is 0 Å². The molecule has 0 saturated carbocycles. The molecule has 0 saturated heterocycles. The molecular formula is C78H84. The highest BCUT2D eigenvalue weighted by molar-refractivity contribution is 6.29. The number of hydrogen-bond acceptors (Lipinski definition) is 0. The van der Waals surface area contributed by atoms with Crippen LogP contribution in [0.25, 0.3) is 99.1 Å². The molecule has 0 atom stereocenters. The molecular weight excluding hydrogens is 937 g/mol. The second-order valence-corrected chi connectivity index (χ2v) is 28.8. The zero-order valence-corrected chi connectivity index (χ0v) is 50.3. The van der Waals surface area contributed by atoms with E-state index in [4.69, 9.17) is 0 Å². The van der Waals surface area contributed by atoms with Crippen molar-refractivity contribution in [3.63, 3.8) is 0 Å². The van der Waals surface area contributed by atoms with Gasteiger partial charge in [-0.15, -0.1) is 0 Å². The Hall–Kier alpha value is -7.02. The summed E-state index contributed by atoms with van der Waals surface area (Å²) in [6, 6.07) is 71.6. The molecule has 0 aliphatic rings. The maximum atomic E-state index is 2.54. The molecule has 396 valence electrons. The Balaban J connectivity index is 1.39. The Morgan fingerprint density at radius 3 is 0.346 bits per heavy atom. The first kappa shape index (κ1) is 54.3. The van der Waals surface area contributed by atoms with Crippen molar-refractivity contribution in [1.29, 1.82) is 0 Å². The molecule has 0 bridgehead atoms. The molecule has 0 amide bonds. The largest absolute Gasteiger partial charge is 0.0579 e. The van der Waals surface area contributed by atoms with Gasteiger partial charge in [0.25, 0.3) is 0 Å². The van der Waals surface area contributed by atoms with Gasteiger partial charge in [0.1, 0.15) is 0 Å². The molecule has 0 heterocycles. The lowest BCUT2D eigenvalue weighted by Gasteiger charge is -2.23. The van der Waals surface area contributed by atoms with E-state index in [9.17, 15) is 0 Å². The molecule has 0 N–H and O–H groups in total. The first-order valence-electron chi connectivity index (χ1n) is 28.6. The van der Waals surface area contributed by atoms with Crippen LogP contribution < -0.4 is 0 Å². The topological polar surface area (TPSA) is 0 Å². The van der Waals surface area contributed by atoms with E-state index in [1.54, 1.807) is 0 Å². The second-order valence-electron chi connectivity index (χ2n) is 28.8. The van der Waals surface area contributed by atoms with Gasteiger partial charge in [-0.2, -0.15) is 0 Å². The van der Waals surface area contributed by atoms with Gasteiger partial charge < -0.3 is 0 Å². The molecule has 10 aromatic rings. The third kappa shape index (κ3) is 10.7. The van der Waals surface area contributed by atoms with Gasteiger partial charge >= 0.3 is 0 Å². The van der Waals surface area contributed by atoms with Crippen LogP contribution in [0.15, 0.2) is 182 Å². The summed E-state index contributed by atoms with van der Waals surface area (Å²) < 4.78 is 0. The predicted octanol–water partition coefficient (Wildman–Crippen LogP) is 22.9. The molecule has 0 aromatic heterocycles. The summed E-state index contributed by atoms with van der Waals surface area (Å²) in [5, 5.41) is 7.51. The summed E-state index contributed by atoms with van der Waals surface area (Å²) >= 11 is 0. The molecule has 0 unspecified atom stereocenters. The first-order chi connectivity index (χ1) is 36.4. The molecule has 0 nitrogen and oxygen atoms in total. The average molecular weight is 1020 g/mol. The maximum Gasteiger partial charge on any atom is -0.00921 e. The van der Waals surface area contributed by atoms with E-state index in [1.807, 2.05) is 0 Å². The van der Waals surface area contributed by atoms with Crippen molar-refractivity contribution in [3.05, 3.63) is 215 Å². The van der Waals surface area contributed by atoms with E-state index < -0.39 is 0 Å². The summed E-state index contributed by atoms with van der Waals surface area (Å²) in [4.78, 5) is 0. The van der Waals surface area contributed by atoms with E-state index in [1.165, 1.54) is 132 Å². The summed E-state index contributed by atoms with van der Waals surface area (Å²) in [5.41, 5.74) is 22.9. The van der Waals surface area contributed by atoms with Crippen LogP contribution in [-0.2, 0) is 32.5 Å². The van der Waals surface area contributed by atoms with E-state index in [0.29, 0.717) is 0 Å². The van der Waals surface area contributed by atoms with Crippen LogP contribution in [-0.4, -0.2) is 0 Å². The number of hydrogen-bond donors (Lipinski definition) is 0. The van der Waals surface area contributed by atoms with Gasteiger partial charge in [-0.25, -0.2) is 0 Å². The SMILES string of the molecule is CC(C)(C)c1ccc(-c2cc3c4cc(-c5ccc(C(C)(C)C)cc5)c(-c5ccc(C(C)(C)C)cc5)cc4c4cc(-c5ccc(C(C)(C)C)cc5)c(-c5ccc(C(C)(C)C)cc5)cc4c3cc2-c2ccc(C(C)(C)C)cc2)cc1. The van der Waals surface area contributed by atoms with Crippen LogP contribution in [0, 0.1) is 0 Å². The van der Waals surface area contributed by atoms with Crippen LogP contribution in [0.1, 0.15) is 158 Å². The number of benzene rings is 10. The van der Waals surface area contributed by atoms with Gasteiger partial charge in [-0.05, 0) is 201 Å². The lowest BCUT2D eigenvalue weighted by Crippen LogP contribution is -2.10. The molecule has 10 rings (SSSR count). The van der Waals surface area contributed by atoms with Gasteiger partial charge in [0, 0.05) is 0 Å². The normalized spacial score (nSPS) is 13.0. The van der Waals surface area contributed by atoms with E-state index in [0.717, 1.165) is 0 Å². The van der Waals surface area contributed by atoms with Crippen LogP contribution in [0.5, 0.6) is 0 Å². The minimum absolute atomic E-state index is 0.0349. The first-order valence-corrected chi connectivity index (χ1v) is 28.6. The Kier molecular flexibility index (Phi) is 13.5. The highest BCUT2D eigenvalue weighted by atomic mass is 14.3. The molecule has 0 aliphatic heterocycles. The molecule has 0 fully saturated rings. The summed E-state index contributed by atoms with van der Waals surface area (Å²) in [6.07, 6.45) is 0. The monoisotopic (exact) mass is 1020 g/mol.